The molecular formula is C13H12N4O2. The minimum Gasteiger partial charge on any atom is -0.343 e. The summed E-state index contributed by atoms with van der Waals surface area (Å²) >= 11 is 0. The summed E-state index contributed by atoms with van der Waals surface area (Å²) in [4.78, 5) is 10.6. The lowest BCUT2D eigenvalue weighted by Gasteiger charge is -2.03. The summed E-state index contributed by atoms with van der Waals surface area (Å²) in [5.74, 6) is 0. The maximum atomic E-state index is 11.0. The molecule has 0 amide bonds. The number of nitro groups is 1. The first-order valence-corrected chi connectivity index (χ1v) is 5.85. The van der Waals surface area contributed by atoms with Crippen LogP contribution in [0.15, 0.2) is 42.9 Å². The molecule has 3 rings (SSSR count). The SMILES string of the molecule is Cn1cc(Cn2ccc3c([N+](=O)[O-])cccc32)cn1. The fourth-order valence-corrected chi connectivity index (χ4v) is 2.25. The third-order valence-corrected chi connectivity index (χ3v) is 3.10. The first kappa shape index (κ1) is 11.5. The van der Waals surface area contributed by atoms with Gasteiger partial charge in [-0.25, -0.2) is 0 Å². The molecular weight excluding hydrogens is 244 g/mol. The molecule has 2 heterocycles. The van der Waals surface area contributed by atoms with Crippen molar-refractivity contribution in [3.63, 3.8) is 0 Å². The van der Waals surface area contributed by atoms with E-state index in [1.54, 1.807) is 23.0 Å². The lowest BCUT2D eigenvalue weighted by molar-refractivity contribution is -0.383. The van der Waals surface area contributed by atoms with Crippen molar-refractivity contribution in [3.05, 3.63) is 58.5 Å². The minimum atomic E-state index is -0.350. The van der Waals surface area contributed by atoms with E-state index >= 15 is 0 Å². The van der Waals surface area contributed by atoms with Crippen LogP contribution in [0.25, 0.3) is 10.9 Å². The largest absolute Gasteiger partial charge is 0.343 e. The molecule has 0 N–H and O–H groups in total. The van der Waals surface area contributed by atoms with Gasteiger partial charge < -0.3 is 4.57 Å². The van der Waals surface area contributed by atoms with Crippen molar-refractivity contribution < 1.29 is 4.92 Å². The molecule has 1 aromatic carbocycles. The molecule has 0 fully saturated rings. The molecule has 0 atom stereocenters. The standard InChI is InChI=1S/C13H12N4O2/c1-15-8-10(7-14-15)9-16-6-5-11-12(16)3-2-4-13(11)17(18)19/h2-8H,9H2,1H3. The smallest absolute Gasteiger partial charge is 0.278 e. The van der Waals surface area contributed by atoms with Crippen molar-refractivity contribution in [1.82, 2.24) is 14.3 Å². The summed E-state index contributed by atoms with van der Waals surface area (Å²) in [5.41, 5.74) is 2.06. The van der Waals surface area contributed by atoms with Crippen LogP contribution < -0.4 is 0 Å². The van der Waals surface area contributed by atoms with E-state index in [0.29, 0.717) is 11.9 Å². The Labute approximate surface area is 109 Å². The number of hydrogen-bond acceptors (Lipinski definition) is 3. The van der Waals surface area contributed by atoms with Crippen molar-refractivity contribution in [2.24, 2.45) is 7.05 Å². The third kappa shape index (κ3) is 1.97. The van der Waals surface area contributed by atoms with Gasteiger partial charge in [0.1, 0.15) is 0 Å². The van der Waals surface area contributed by atoms with Gasteiger partial charge in [-0.2, -0.15) is 5.10 Å². The van der Waals surface area contributed by atoms with Gasteiger partial charge in [0, 0.05) is 31.1 Å². The molecule has 0 bridgehead atoms. The van der Waals surface area contributed by atoms with Crippen LogP contribution >= 0.6 is 0 Å². The Balaban J connectivity index is 2.06. The van der Waals surface area contributed by atoms with Gasteiger partial charge in [-0.3, -0.25) is 14.8 Å². The van der Waals surface area contributed by atoms with Crippen LogP contribution in [-0.2, 0) is 13.6 Å². The zero-order chi connectivity index (χ0) is 13.4. The molecule has 0 radical (unpaired) electrons. The molecule has 0 aliphatic rings. The Bertz CT molecular complexity index is 757. The second-order valence-electron chi connectivity index (χ2n) is 4.43. The molecule has 0 spiro atoms. The Morgan fingerprint density at radius 2 is 2.21 bits per heavy atom. The molecule has 96 valence electrons. The topological polar surface area (TPSA) is 65.9 Å². The van der Waals surface area contributed by atoms with Crippen molar-refractivity contribution in [1.29, 1.82) is 0 Å². The zero-order valence-corrected chi connectivity index (χ0v) is 10.4. The average Bonchev–Trinajstić information content (AvgIpc) is 2.97. The number of aryl methyl sites for hydroxylation is 1. The maximum absolute atomic E-state index is 11.0. The third-order valence-electron chi connectivity index (χ3n) is 3.10. The van der Waals surface area contributed by atoms with E-state index in [0.717, 1.165) is 11.1 Å². The summed E-state index contributed by atoms with van der Waals surface area (Å²) in [5, 5.41) is 15.8. The molecule has 3 aromatic rings. The highest BCUT2D eigenvalue weighted by atomic mass is 16.6. The molecule has 2 aromatic heterocycles. The Morgan fingerprint density at radius 1 is 1.37 bits per heavy atom. The van der Waals surface area contributed by atoms with Crippen molar-refractivity contribution >= 4 is 16.6 Å². The number of nitro benzene ring substituents is 1. The summed E-state index contributed by atoms with van der Waals surface area (Å²) < 4.78 is 3.73. The van der Waals surface area contributed by atoms with E-state index in [4.69, 9.17) is 0 Å². The molecule has 0 saturated carbocycles. The van der Waals surface area contributed by atoms with Crippen molar-refractivity contribution in [2.75, 3.05) is 0 Å². The number of fused-ring (bicyclic) bond motifs is 1. The van der Waals surface area contributed by atoms with E-state index in [2.05, 4.69) is 5.10 Å². The van der Waals surface area contributed by atoms with Crippen LogP contribution in [0.1, 0.15) is 5.56 Å². The van der Waals surface area contributed by atoms with Gasteiger partial charge in [-0.1, -0.05) is 6.07 Å². The normalized spacial score (nSPS) is 11.0. The monoisotopic (exact) mass is 256 g/mol. The van der Waals surface area contributed by atoms with Crippen molar-refractivity contribution in [2.45, 2.75) is 6.54 Å². The second kappa shape index (κ2) is 4.24. The molecule has 19 heavy (non-hydrogen) atoms. The molecule has 0 aliphatic heterocycles. The van der Waals surface area contributed by atoms with Crippen LogP contribution in [0.2, 0.25) is 0 Å². The van der Waals surface area contributed by atoms with E-state index < -0.39 is 0 Å². The lowest BCUT2D eigenvalue weighted by Crippen LogP contribution is -1.97. The minimum absolute atomic E-state index is 0.141. The Kier molecular flexibility index (Phi) is 2.56. The molecule has 0 unspecified atom stereocenters. The van der Waals surface area contributed by atoms with Gasteiger partial charge in [0.05, 0.1) is 28.6 Å². The number of non-ortho nitro benzene ring substituents is 1. The van der Waals surface area contributed by atoms with Crippen LogP contribution in [-0.4, -0.2) is 19.3 Å². The number of aromatic nitrogens is 3. The highest BCUT2D eigenvalue weighted by molar-refractivity contribution is 5.89. The van der Waals surface area contributed by atoms with Gasteiger partial charge >= 0.3 is 0 Å². The number of rotatable bonds is 3. The second-order valence-corrected chi connectivity index (χ2v) is 4.43. The van der Waals surface area contributed by atoms with Crippen LogP contribution in [0.5, 0.6) is 0 Å². The van der Waals surface area contributed by atoms with Gasteiger partial charge in [0.15, 0.2) is 0 Å². The lowest BCUT2D eigenvalue weighted by atomic mass is 10.2. The predicted molar refractivity (Wildman–Crippen MR) is 70.9 cm³/mol. The highest BCUT2D eigenvalue weighted by Crippen LogP contribution is 2.26. The number of nitrogens with zero attached hydrogens (tertiary/aromatic N) is 4. The maximum Gasteiger partial charge on any atom is 0.278 e. The fourth-order valence-electron chi connectivity index (χ4n) is 2.25. The predicted octanol–water partition coefficient (Wildman–Crippen LogP) is 2.33. The summed E-state index contributed by atoms with van der Waals surface area (Å²) in [6.45, 7) is 0.651. The van der Waals surface area contributed by atoms with Gasteiger partial charge in [-0.15, -0.1) is 0 Å². The summed E-state index contributed by atoms with van der Waals surface area (Å²) in [6, 6.07) is 6.90. The molecule has 6 nitrogen and oxygen atoms in total. The van der Waals surface area contributed by atoms with Gasteiger partial charge in [-0.05, 0) is 12.1 Å². The highest BCUT2D eigenvalue weighted by Gasteiger charge is 2.13. The first-order valence-electron chi connectivity index (χ1n) is 5.85. The van der Waals surface area contributed by atoms with E-state index in [1.165, 1.54) is 6.07 Å². The van der Waals surface area contributed by atoms with Gasteiger partial charge in [0.25, 0.3) is 5.69 Å². The van der Waals surface area contributed by atoms with Crippen molar-refractivity contribution in [3.8, 4) is 0 Å². The fraction of sp³-hybridized carbons (Fsp3) is 0.154. The first-order chi connectivity index (χ1) is 9.15. The van der Waals surface area contributed by atoms with E-state index in [1.807, 2.05) is 30.1 Å². The number of benzene rings is 1. The molecule has 6 heteroatoms. The quantitative estimate of drug-likeness (QED) is 0.533. The Morgan fingerprint density at radius 3 is 2.89 bits per heavy atom. The number of hydrogen-bond donors (Lipinski definition) is 0. The van der Waals surface area contributed by atoms with Gasteiger partial charge in [0.2, 0.25) is 0 Å². The average molecular weight is 256 g/mol. The molecule has 0 aliphatic carbocycles. The van der Waals surface area contributed by atoms with E-state index in [9.17, 15) is 10.1 Å². The van der Waals surface area contributed by atoms with Crippen LogP contribution in [0, 0.1) is 10.1 Å². The zero-order valence-electron chi connectivity index (χ0n) is 10.4. The van der Waals surface area contributed by atoms with E-state index in [-0.39, 0.29) is 10.6 Å². The summed E-state index contributed by atoms with van der Waals surface area (Å²) in [6.07, 6.45) is 5.59. The summed E-state index contributed by atoms with van der Waals surface area (Å²) in [7, 11) is 1.86. The molecule has 0 saturated heterocycles. The van der Waals surface area contributed by atoms with Crippen LogP contribution in [0.3, 0.4) is 0 Å². The van der Waals surface area contributed by atoms with Crippen LogP contribution in [0.4, 0.5) is 5.69 Å². The Hall–Kier alpha value is -2.63.